The minimum atomic E-state index is -2.85. The van der Waals surface area contributed by atoms with E-state index in [0.29, 0.717) is 0 Å². The van der Waals surface area contributed by atoms with E-state index < -0.39 is 35.2 Å². The largest absolute Gasteiger partial charge is 0.442 e. The van der Waals surface area contributed by atoms with Gasteiger partial charge in [-0.15, -0.1) is 11.3 Å². The first kappa shape index (κ1) is 26.8. The van der Waals surface area contributed by atoms with E-state index in [1.54, 1.807) is 11.6 Å². The predicted octanol–water partition coefficient (Wildman–Crippen LogP) is 2.47. The Morgan fingerprint density at radius 2 is 2.00 bits per heavy atom. The lowest BCUT2D eigenvalue weighted by molar-refractivity contribution is 0.142. The van der Waals surface area contributed by atoms with Crippen LogP contribution in [0.2, 0.25) is 0 Å². The van der Waals surface area contributed by atoms with Crippen molar-refractivity contribution in [2.75, 3.05) is 49.1 Å². The van der Waals surface area contributed by atoms with Gasteiger partial charge >= 0.3 is 12.1 Å². The quantitative estimate of drug-likeness (QED) is 0.350. The number of thiocarbonyl (C=S) groups is 1. The number of nitrogens with zero attached hydrogens (tertiary/aromatic N) is 4. The first-order chi connectivity index (χ1) is 17.7. The summed E-state index contributed by atoms with van der Waals surface area (Å²) in [5.74, 6) is -1.80. The molecule has 2 aromatic rings. The van der Waals surface area contributed by atoms with E-state index in [1.165, 1.54) is 21.2 Å². The van der Waals surface area contributed by atoms with Crippen molar-refractivity contribution in [3.63, 3.8) is 0 Å². The molecule has 4 rings (SSSR count). The lowest BCUT2D eigenvalue weighted by Gasteiger charge is -2.25. The number of nitrogens with one attached hydrogen (secondary N) is 3. The molecule has 2 saturated heterocycles. The van der Waals surface area contributed by atoms with Gasteiger partial charge in [0.1, 0.15) is 21.8 Å². The van der Waals surface area contributed by atoms with Gasteiger partial charge in [-0.05, 0) is 0 Å². The van der Waals surface area contributed by atoms with E-state index in [4.69, 9.17) is 4.74 Å². The summed E-state index contributed by atoms with van der Waals surface area (Å²) in [7, 11) is 0. The highest BCUT2D eigenvalue weighted by Crippen LogP contribution is 2.31. The van der Waals surface area contributed by atoms with Gasteiger partial charge in [0.15, 0.2) is 11.6 Å². The molecule has 1 aromatic carbocycles. The molecule has 2 fully saturated rings. The number of ether oxygens (including phenoxy) is 1. The summed E-state index contributed by atoms with van der Waals surface area (Å²) in [5.41, 5.74) is 2.57. The van der Waals surface area contributed by atoms with E-state index in [2.05, 4.69) is 33.3 Å². The van der Waals surface area contributed by atoms with Gasteiger partial charge < -0.3 is 20.3 Å². The number of thiazole rings is 1. The Morgan fingerprint density at radius 3 is 2.68 bits per heavy atom. The Morgan fingerprint density at radius 1 is 1.24 bits per heavy atom. The molecular weight excluding hydrogens is 538 g/mol. The van der Waals surface area contributed by atoms with Crippen LogP contribution in [0.5, 0.6) is 0 Å². The van der Waals surface area contributed by atoms with E-state index >= 15 is 8.78 Å². The first-order valence-electron chi connectivity index (χ1n) is 11.2. The fourth-order valence-electron chi connectivity index (χ4n) is 3.86. The minimum Gasteiger partial charge on any atom is -0.442 e. The third kappa shape index (κ3) is 6.56. The van der Waals surface area contributed by atoms with Crippen LogP contribution in [-0.4, -0.2) is 78.9 Å². The highest BCUT2D eigenvalue weighted by Gasteiger charge is 2.34. The molecule has 0 spiro atoms. The zero-order valence-corrected chi connectivity index (χ0v) is 20.9. The van der Waals surface area contributed by atoms with Crippen molar-refractivity contribution in [2.24, 2.45) is 0 Å². The molecule has 3 amide bonds. The van der Waals surface area contributed by atoms with Crippen molar-refractivity contribution in [3.8, 4) is 0 Å². The average Bonchev–Trinajstić information content (AvgIpc) is 3.44. The molecule has 3 heterocycles. The van der Waals surface area contributed by atoms with Crippen LogP contribution in [0.25, 0.3) is 0 Å². The van der Waals surface area contributed by atoms with Crippen molar-refractivity contribution in [1.82, 2.24) is 26.1 Å². The molecule has 16 heteroatoms. The fraction of sp³-hybridized carbons (Fsp3) is 0.429. The van der Waals surface area contributed by atoms with E-state index in [0.717, 1.165) is 22.0 Å². The van der Waals surface area contributed by atoms with Crippen LogP contribution in [0.15, 0.2) is 23.7 Å². The Hall–Kier alpha value is -3.24. The molecule has 3 N–H and O–H groups in total. The summed E-state index contributed by atoms with van der Waals surface area (Å²) in [6.45, 7) is 0.758. The van der Waals surface area contributed by atoms with E-state index in [9.17, 15) is 18.4 Å². The second-order valence-electron chi connectivity index (χ2n) is 8.05. The topological polar surface area (TPSA) is 102 Å². The first-order valence-corrected chi connectivity index (χ1v) is 12.5. The Labute approximate surface area is 218 Å². The second kappa shape index (κ2) is 11.9. The maximum absolute atomic E-state index is 15.1. The highest BCUT2D eigenvalue weighted by atomic mass is 32.1. The van der Waals surface area contributed by atoms with Crippen LogP contribution in [0.4, 0.5) is 38.5 Å². The number of halogens is 4. The molecule has 2 aliphatic heterocycles. The van der Waals surface area contributed by atoms with E-state index in [1.807, 2.05) is 0 Å². The summed E-state index contributed by atoms with van der Waals surface area (Å²) in [5, 5.41) is 8.92. The number of hydrazine groups is 1. The van der Waals surface area contributed by atoms with Crippen LogP contribution < -0.4 is 25.9 Å². The number of cyclic esters (lactones) is 1. The zero-order chi connectivity index (χ0) is 26.5. The summed E-state index contributed by atoms with van der Waals surface area (Å²) < 4.78 is 60.3. The second-order valence-corrected chi connectivity index (χ2v) is 9.47. The molecule has 200 valence electrons. The van der Waals surface area contributed by atoms with Crippen molar-refractivity contribution in [2.45, 2.75) is 19.1 Å². The van der Waals surface area contributed by atoms with Gasteiger partial charge in [-0.1, -0.05) is 12.2 Å². The Balaban J connectivity index is 1.37. The standard InChI is InChI=1S/C21H23F4N7O3S2/c22-14-7-12(31-11-13(35-21(31)34)9-27-19(36)18(24)25)8-15(23)17(14)30-3-1-29-32(5-4-30)20(33)28-10-16-26-2-6-37-16/h2,6-8,13,18,29H,1,3-5,9-11H2,(H,27,36)(H,28,33)/t13-/m0/s1. The SMILES string of the molecule is O=C(NCc1nccs1)N1CCN(c2c(F)cc(N3C[C@H](CNC(=S)C(F)F)OC3=O)cc2F)CCN1. The maximum Gasteiger partial charge on any atom is 0.414 e. The summed E-state index contributed by atoms with van der Waals surface area (Å²) in [4.78, 5) is 30.6. The molecule has 1 atom stereocenters. The van der Waals surface area contributed by atoms with Crippen molar-refractivity contribution in [3.05, 3.63) is 40.4 Å². The number of benzene rings is 1. The molecule has 37 heavy (non-hydrogen) atoms. The lowest BCUT2D eigenvalue weighted by Crippen LogP contribution is -2.48. The van der Waals surface area contributed by atoms with Gasteiger partial charge in [-0.2, -0.15) is 0 Å². The summed E-state index contributed by atoms with van der Waals surface area (Å²) >= 11 is 5.89. The van der Waals surface area contributed by atoms with Gasteiger partial charge in [0.25, 0.3) is 6.43 Å². The number of amides is 3. The number of urea groups is 1. The van der Waals surface area contributed by atoms with Crippen molar-refractivity contribution in [1.29, 1.82) is 0 Å². The van der Waals surface area contributed by atoms with Crippen LogP contribution in [0.1, 0.15) is 5.01 Å². The number of alkyl halides is 2. The number of aromatic nitrogens is 1. The number of carbonyl (C=O) groups excluding carboxylic acids is 2. The summed E-state index contributed by atoms with van der Waals surface area (Å²) in [6, 6.07) is 1.63. The van der Waals surface area contributed by atoms with Gasteiger partial charge in [0.05, 0.1) is 31.9 Å². The molecule has 10 nitrogen and oxygen atoms in total. The lowest BCUT2D eigenvalue weighted by atomic mass is 10.2. The average molecular weight is 562 g/mol. The van der Waals surface area contributed by atoms with E-state index in [-0.39, 0.29) is 63.2 Å². The Kier molecular flexibility index (Phi) is 8.60. The minimum absolute atomic E-state index is 0.0705. The molecule has 0 radical (unpaired) electrons. The number of carbonyl (C=O) groups is 2. The molecule has 1 aromatic heterocycles. The van der Waals surface area contributed by atoms with Crippen molar-refractivity contribution >= 4 is 52.0 Å². The number of anilines is 2. The Bertz CT molecular complexity index is 1120. The van der Waals surface area contributed by atoms with Crippen LogP contribution in [-0.2, 0) is 11.3 Å². The number of hydrogen-bond donors (Lipinski definition) is 3. The highest BCUT2D eigenvalue weighted by molar-refractivity contribution is 7.80. The smallest absolute Gasteiger partial charge is 0.414 e. The fourth-order valence-corrected chi connectivity index (χ4v) is 4.50. The van der Waals surface area contributed by atoms with Crippen molar-refractivity contribution < 1.29 is 31.9 Å². The third-order valence-electron chi connectivity index (χ3n) is 5.60. The molecule has 0 aliphatic carbocycles. The molecular formula is C21H23F4N7O3S2. The molecule has 0 bridgehead atoms. The monoisotopic (exact) mass is 561 g/mol. The predicted molar refractivity (Wildman–Crippen MR) is 132 cm³/mol. The molecule has 0 unspecified atom stereocenters. The van der Waals surface area contributed by atoms with Gasteiger partial charge in [-0.3, -0.25) is 9.91 Å². The van der Waals surface area contributed by atoms with Gasteiger partial charge in [0, 0.05) is 43.3 Å². The maximum atomic E-state index is 15.1. The third-order valence-corrected chi connectivity index (χ3v) is 6.71. The summed E-state index contributed by atoms with van der Waals surface area (Å²) in [6.07, 6.45) is -2.91. The van der Waals surface area contributed by atoms with Crippen LogP contribution in [0, 0.1) is 11.6 Å². The van der Waals surface area contributed by atoms with Crippen LogP contribution >= 0.6 is 23.6 Å². The number of hydrogen-bond acceptors (Lipinski definition) is 8. The number of rotatable bonds is 7. The van der Waals surface area contributed by atoms with Gasteiger partial charge in [0.2, 0.25) is 0 Å². The zero-order valence-electron chi connectivity index (χ0n) is 19.3. The van der Waals surface area contributed by atoms with Gasteiger partial charge in [-0.25, -0.2) is 37.6 Å². The normalized spacial score (nSPS) is 18.1. The molecule has 0 saturated carbocycles. The van der Waals surface area contributed by atoms with Crippen LogP contribution in [0.3, 0.4) is 0 Å². The molecule has 2 aliphatic rings.